The standard InChI is InChI=1S/C23H24N4O3/c1-3-27-12-10-19-17(14-27)21(16-7-5-6-8-18(16)25-19)22(28)26-20-13-15(9-11-24-20)23(29)30-4-2/h5-9,11,13H,3-4,10,12,14H2,1-2H3,(H,24,26,28). The van der Waals surface area contributed by atoms with Crippen molar-refractivity contribution in [3.05, 3.63) is 65.0 Å². The van der Waals surface area contributed by atoms with Gasteiger partial charge in [0.2, 0.25) is 0 Å². The predicted octanol–water partition coefficient (Wildman–Crippen LogP) is 3.44. The molecular formula is C23H24N4O3. The zero-order valence-corrected chi connectivity index (χ0v) is 17.1. The number of hydrogen-bond donors (Lipinski definition) is 1. The largest absolute Gasteiger partial charge is 0.462 e. The minimum atomic E-state index is -0.444. The van der Waals surface area contributed by atoms with Gasteiger partial charge in [-0.3, -0.25) is 14.7 Å². The van der Waals surface area contributed by atoms with Gasteiger partial charge in [-0.25, -0.2) is 9.78 Å². The predicted molar refractivity (Wildman–Crippen MR) is 115 cm³/mol. The number of esters is 1. The number of aromatic nitrogens is 2. The molecule has 0 unspecified atom stereocenters. The minimum absolute atomic E-state index is 0.253. The maximum absolute atomic E-state index is 13.4. The second kappa shape index (κ2) is 8.59. The summed E-state index contributed by atoms with van der Waals surface area (Å²) in [5.41, 5.74) is 3.70. The third-order valence-electron chi connectivity index (χ3n) is 5.31. The van der Waals surface area contributed by atoms with E-state index in [1.807, 2.05) is 24.3 Å². The zero-order valence-electron chi connectivity index (χ0n) is 17.1. The molecule has 30 heavy (non-hydrogen) atoms. The number of likely N-dealkylation sites (N-methyl/N-ethyl adjacent to an activating group) is 1. The van der Waals surface area contributed by atoms with E-state index in [1.54, 1.807) is 13.0 Å². The Morgan fingerprint density at radius 2 is 2.03 bits per heavy atom. The van der Waals surface area contributed by atoms with Gasteiger partial charge in [0.25, 0.3) is 5.91 Å². The van der Waals surface area contributed by atoms with E-state index in [0.29, 0.717) is 23.5 Å². The summed E-state index contributed by atoms with van der Waals surface area (Å²) in [4.78, 5) is 36.7. The Morgan fingerprint density at radius 1 is 1.20 bits per heavy atom. The molecule has 3 heterocycles. The van der Waals surface area contributed by atoms with Gasteiger partial charge in [-0.15, -0.1) is 0 Å². The van der Waals surface area contributed by atoms with Crippen LogP contribution in [0, 0.1) is 0 Å². The number of carbonyl (C=O) groups excluding carboxylic acids is 2. The van der Waals surface area contributed by atoms with Gasteiger partial charge in [-0.05, 0) is 31.7 Å². The first-order valence-corrected chi connectivity index (χ1v) is 10.2. The van der Waals surface area contributed by atoms with Crippen LogP contribution in [-0.2, 0) is 17.7 Å². The van der Waals surface area contributed by atoms with Crippen molar-refractivity contribution >= 4 is 28.6 Å². The molecule has 3 aromatic rings. The fourth-order valence-electron chi connectivity index (χ4n) is 3.79. The van der Waals surface area contributed by atoms with E-state index in [2.05, 4.69) is 22.1 Å². The third kappa shape index (κ3) is 3.89. The number of nitrogens with zero attached hydrogens (tertiary/aromatic N) is 3. The SMILES string of the molecule is CCOC(=O)c1ccnc(NC(=O)c2c3c(nc4ccccc24)CCN(CC)C3)c1. The summed E-state index contributed by atoms with van der Waals surface area (Å²) < 4.78 is 5.04. The number of rotatable bonds is 5. The van der Waals surface area contributed by atoms with Gasteiger partial charge in [-0.1, -0.05) is 25.1 Å². The number of hydrogen-bond acceptors (Lipinski definition) is 6. The lowest BCUT2D eigenvalue weighted by Crippen LogP contribution is -2.33. The topological polar surface area (TPSA) is 84.4 Å². The molecule has 1 aromatic carbocycles. The van der Waals surface area contributed by atoms with Crippen LogP contribution < -0.4 is 5.32 Å². The second-order valence-electron chi connectivity index (χ2n) is 7.15. The zero-order chi connectivity index (χ0) is 21.1. The molecule has 0 radical (unpaired) electrons. The monoisotopic (exact) mass is 404 g/mol. The molecule has 0 saturated carbocycles. The van der Waals surface area contributed by atoms with E-state index in [9.17, 15) is 9.59 Å². The van der Waals surface area contributed by atoms with Crippen LogP contribution in [0.15, 0.2) is 42.6 Å². The normalized spacial score (nSPS) is 13.7. The smallest absolute Gasteiger partial charge is 0.338 e. The molecule has 7 nitrogen and oxygen atoms in total. The molecule has 4 rings (SSSR count). The number of nitrogens with one attached hydrogen (secondary N) is 1. The molecule has 0 saturated heterocycles. The second-order valence-corrected chi connectivity index (χ2v) is 7.15. The van der Waals surface area contributed by atoms with Crippen molar-refractivity contribution in [2.75, 3.05) is 25.0 Å². The molecule has 1 aliphatic rings. The Morgan fingerprint density at radius 3 is 2.83 bits per heavy atom. The highest BCUT2D eigenvalue weighted by atomic mass is 16.5. The van der Waals surface area contributed by atoms with Crippen molar-refractivity contribution in [2.24, 2.45) is 0 Å². The molecule has 0 atom stereocenters. The summed E-state index contributed by atoms with van der Waals surface area (Å²) in [6, 6.07) is 10.8. The van der Waals surface area contributed by atoms with Crippen molar-refractivity contribution in [1.82, 2.24) is 14.9 Å². The molecule has 1 N–H and O–H groups in total. The summed E-state index contributed by atoms with van der Waals surface area (Å²) in [5.74, 6) is -0.389. The van der Waals surface area contributed by atoms with Crippen molar-refractivity contribution < 1.29 is 14.3 Å². The Kier molecular flexibility index (Phi) is 5.72. The van der Waals surface area contributed by atoms with Crippen LogP contribution in [0.1, 0.15) is 45.8 Å². The Labute approximate surface area is 175 Å². The first-order valence-electron chi connectivity index (χ1n) is 10.2. The molecule has 2 aromatic heterocycles. The molecule has 7 heteroatoms. The first-order chi connectivity index (χ1) is 14.6. The molecule has 0 fully saturated rings. The van der Waals surface area contributed by atoms with Crippen LogP contribution in [-0.4, -0.2) is 46.4 Å². The number of carbonyl (C=O) groups is 2. The van der Waals surface area contributed by atoms with Crippen molar-refractivity contribution in [3.63, 3.8) is 0 Å². The van der Waals surface area contributed by atoms with Crippen molar-refractivity contribution in [1.29, 1.82) is 0 Å². The number of anilines is 1. The van der Waals surface area contributed by atoms with Crippen LogP contribution >= 0.6 is 0 Å². The number of benzene rings is 1. The van der Waals surface area contributed by atoms with Gasteiger partial charge in [0.1, 0.15) is 5.82 Å². The first kappa shape index (κ1) is 20.0. The summed E-state index contributed by atoms with van der Waals surface area (Å²) >= 11 is 0. The lowest BCUT2D eigenvalue weighted by molar-refractivity contribution is 0.0526. The van der Waals surface area contributed by atoms with Gasteiger partial charge in [0, 0.05) is 42.4 Å². The number of fused-ring (bicyclic) bond motifs is 2. The Bertz CT molecular complexity index is 1110. The summed E-state index contributed by atoms with van der Waals surface area (Å²) in [6.07, 6.45) is 2.30. The minimum Gasteiger partial charge on any atom is -0.462 e. The van der Waals surface area contributed by atoms with Gasteiger partial charge < -0.3 is 10.1 Å². The number of pyridine rings is 2. The molecule has 0 aliphatic carbocycles. The molecule has 0 spiro atoms. The van der Waals surface area contributed by atoms with E-state index < -0.39 is 5.97 Å². The molecular weight excluding hydrogens is 380 g/mol. The molecule has 0 bridgehead atoms. The summed E-state index contributed by atoms with van der Waals surface area (Å²) in [7, 11) is 0. The Hall–Kier alpha value is -3.32. The van der Waals surface area contributed by atoms with Crippen LogP contribution in [0.2, 0.25) is 0 Å². The van der Waals surface area contributed by atoms with E-state index in [1.165, 1.54) is 12.3 Å². The summed E-state index contributed by atoms with van der Waals surface area (Å²) in [5, 5.41) is 3.68. The van der Waals surface area contributed by atoms with E-state index in [0.717, 1.165) is 41.7 Å². The van der Waals surface area contributed by atoms with Gasteiger partial charge in [0.15, 0.2) is 0 Å². The van der Waals surface area contributed by atoms with Crippen molar-refractivity contribution in [2.45, 2.75) is 26.8 Å². The number of para-hydroxylation sites is 1. The quantitative estimate of drug-likeness (QED) is 0.656. The van der Waals surface area contributed by atoms with Gasteiger partial charge in [0.05, 0.1) is 23.3 Å². The Balaban J connectivity index is 1.73. The molecule has 1 aliphatic heterocycles. The van der Waals surface area contributed by atoms with E-state index in [4.69, 9.17) is 9.72 Å². The highest BCUT2D eigenvalue weighted by Gasteiger charge is 2.25. The van der Waals surface area contributed by atoms with Crippen LogP contribution in [0.3, 0.4) is 0 Å². The maximum Gasteiger partial charge on any atom is 0.338 e. The highest BCUT2D eigenvalue weighted by molar-refractivity contribution is 6.13. The lowest BCUT2D eigenvalue weighted by atomic mass is 9.95. The number of amides is 1. The lowest BCUT2D eigenvalue weighted by Gasteiger charge is -2.29. The average Bonchev–Trinajstić information content (AvgIpc) is 2.77. The van der Waals surface area contributed by atoms with E-state index in [-0.39, 0.29) is 12.5 Å². The van der Waals surface area contributed by atoms with E-state index >= 15 is 0 Å². The van der Waals surface area contributed by atoms with Crippen LogP contribution in [0.5, 0.6) is 0 Å². The highest BCUT2D eigenvalue weighted by Crippen LogP contribution is 2.28. The number of ether oxygens (including phenoxy) is 1. The van der Waals surface area contributed by atoms with Crippen LogP contribution in [0.25, 0.3) is 10.9 Å². The third-order valence-corrected chi connectivity index (χ3v) is 5.31. The summed E-state index contributed by atoms with van der Waals surface area (Å²) in [6.45, 7) is 6.67. The fourth-order valence-corrected chi connectivity index (χ4v) is 3.79. The van der Waals surface area contributed by atoms with Gasteiger partial charge >= 0.3 is 5.97 Å². The molecule has 154 valence electrons. The maximum atomic E-state index is 13.4. The fraction of sp³-hybridized carbons (Fsp3) is 0.304. The average molecular weight is 404 g/mol. The van der Waals surface area contributed by atoms with Gasteiger partial charge in [-0.2, -0.15) is 0 Å². The van der Waals surface area contributed by atoms with Crippen molar-refractivity contribution in [3.8, 4) is 0 Å². The molecule has 1 amide bonds. The van der Waals surface area contributed by atoms with Crippen LogP contribution in [0.4, 0.5) is 5.82 Å².